The zero-order valence-electron chi connectivity index (χ0n) is 36.7. The largest absolute Gasteiger partial charge is 0.394 e. The van der Waals surface area contributed by atoms with Crippen LogP contribution in [-0.2, 0) is 4.79 Å². The van der Waals surface area contributed by atoms with Crippen LogP contribution in [0.15, 0.2) is 24.3 Å². The number of carbonyl (C=O) groups excluding carboxylic acids is 1. The molecule has 6 heteroatoms. The Morgan fingerprint density at radius 2 is 0.745 bits per heavy atom. The maximum Gasteiger partial charge on any atom is 0.249 e. The van der Waals surface area contributed by atoms with Crippen molar-refractivity contribution in [1.29, 1.82) is 0 Å². The van der Waals surface area contributed by atoms with Crippen LogP contribution in [0.4, 0.5) is 0 Å². The fourth-order valence-corrected chi connectivity index (χ4v) is 7.52. The number of carbonyl (C=O) groups is 1. The molecule has 0 aromatic heterocycles. The van der Waals surface area contributed by atoms with E-state index in [4.69, 9.17) is 0 Å². The van der Waals surface area contributed by atoms with Gasteiger partial charge in [0.15, 0.2) is 0 Å². The minimum Gasteiger partial charge on any atom is -0.394 e. The fourth-order valence-electron chi connectivity index (χ4n) is 7.52. The van der Waals surface area contributed by atoms with Gasteiger partial charge in [0.2, 0.25) is 5.91 Å². The van der Waals surface area contributed by atoms with E-state index in [0.29, 0.717) is 12.8 Å². The molecule has 55 heavy (non-hydrogen) atoms. The quantitative estimate of drug-likeness (QED) is 0.0313. The summed E-state index contributed by atoms with van der Waals surface area (Å²) in [5.41, 5.74) is 0. The third kappa shape index (κ3) is 38.1. The molecule has 0 bridgehead atoms. The highest BCUT2D eigenvalue weighted by atomic mass is 16.3. The molecule has 4 atom stereocenters. The lowest BCUT2D eigenvalue weighted by Crippen LogP contribution is -2.53. The van der Waals surface area contributed by atoms with Crippen molar-refractivity contribution in [3.05, 3.63) is 24.3 Å². The van der Waals surface area contributed by atoms with Crippen molar-refractivity contribution < 1.29 is 25.2 Å². The molecule has 0 radical (unpaired) electrons. The van der Waals surface area contributed by atoms with Gasteiger partial charge >= 0.3 is 0 Å². The first-order valence-electron chi connectivity index (χ1n) is 24.2. The molecule has 0 rings (SSSR count). The Morgan fingerprint density at radius 1 is 0.436 bits per heavy atom. The van der Waals surface area contributed by atoms with E-state index in [9.17, 15) is 25.2 Å². The van der Waals surface area contributed by atoms with Crippen molar-refractivity contribution in [2.75, 3.05) is 6.61 Å². The van der Waals surface area contributed by atoms with E-state index in [1.54, 1.807) is 0 Å². The topological polar surface area (TPSA) is 110 Å². The van der Waals surface area contributed by atoms with Gasteiger partial charge in [0.1, 0.15) is 12.2 Å². The SMILES string of the molecule is CCCCCC/C=C\CCCCCCCCC(O)C(=O)NC(CO)C(O)C(O)CCC/C=C/CCCCCCCCCCCCCCCCCCCCCC. The second-order valence-corrected chi connectivity index (χ2v) is 16.8. The Labute approximate surface area is 342 Å². The minimum absolute atomic E-state index is 0.356. The van der Waals surface area contributed by atoms with E-state index >= 15 is 0 Å². The molecule has 0 aliphatic carbocycles. The molecule has 0 fully saturated rings. The van der Waals surface area contributed by atoms with Crippen LogP contribution >= 0.6 is 0 Å². The van der Waals surface area contributed by atoms with Crippen LogP contribution in [-0.4, -0.2) is 57.3 Å². The fraction of sp³-hybridized carbons (Fsp3) is 0.898. The molecule has 0 aromatic rings. The zero-order valence-corrected chi connectivity index (χ0v) is 36.7. The number of aliphatic hydroxyl groups is 4. The first-order chi connectivity index (χ1) is 27.0. The van der Waals surface area contributed by atoms with Gasteiger partial charge in [0, 0.05) is 0 Å². The summed E-state index contributed by atoms with van der Waals surface area (Å²) in [4.78, 5) is 12.5. The average molecular weight is 778 g/mol. The minimum atomic E-state index is -1.28. The van der Waals surface area contributed by atoms with E-state index in [2.05, 4.69) is 43.5 Å². The van der Waals surface area contributed by atoms with E-state index in [0.717, 1.165) is 44.9 Å². The number of hydrogen-bond acceptors (Lipinski definition) is 5. The molecule has 6 nitrogen and oxygen atoms in total. The van der Waals surface area contributed by atoms with Crippen LogP contribution in [0.2, 0.25) is 0 Å². The molecular weight excluding hydrogens is 683 g/mol. The van der Waals surface area contributed by atoms with Gasteiger partial charge in [-0.05, 0) is 64.2 Å². The lowest BCUT2D eigenvalue weighted by atomic mass is 10.00. The highest BCUT2D eigenvalue weighted by Gasteiger charge is 2.28. The molecule has 0 saturated heterocycles. The summed E-state index contributed by atoms with van der Waals surface area (Å²) in [6, 6.07) is -1.00. The van der Waals surface area contributed by atoms with Crippen molar-refractivity contribution >= 4 is 5.91 Å². The Balaban J connectivity index is 3.69. The summed E-state index contributed by atoms with van der Waals surface area (Å²) < 4.78 is 0. The third-order valence-corrected chi connectivity index (χ3v) is 11.4. The Morgan fingerprint density at radius 3 is 1.11 bits per heavy atom. The zero-order chi connectivity index (χ0) is 40.3. The predicted molar refractivity (Wildman–Crippen MR) is 237 cm³/mol. The summed E-state index contributed by atoms with van der Waals surface area (Å²) in [5, 5.41) is 43.7. The van der Waals surface area contributed by atoms with Crippen molar-refractivity contribution in [2.45, 2.75) is 276 Å². The van der Waals surface area contributed by atoms with Crippen LogP contribution in [0, 0.1) is 0 Å². The van der Waals surface area contributed by atoms with Crippen molar-refractivity contribution in [3.8, 4) is 0 Å². The lowest BCUT2D eigenvalue weighted by molar-refractivity contribution is -0.132. The summed E-state index contributed by atoms with van der Waals surface area (Å²) in [7, 11) is 0. The van der Waals surface area contributed by atoms with Crippen LogP contribution in [0.1, 0.15) is 251 Å². The van der Waals surface area contributed by atoms with Gasteiger partial charge in [0.05, 0.1) is 18.8 Å². The van der Waals surface area contributed by atoms with E-state index in [1.165, 1.54) is 180 Å². The summed E-state index contributed by atoms with van der Waals surface area (Å²) in [5.74, 6) is -0.597. The van der Waals surface area contributed by atoms with E-state index in [-0.39, 0.29) is 0 Å². The number of allylic oxidation sites excluding steroid dienone is 4. The van der Waals surface area contributed by atoms with Crippen molar-refractivity contribution in [1.82, 2.24) is 5.32 Å². The molecule has 5 N–H and O–H groups in total. The van der Waals surface area contributed by atoms with Gasteiger partial charge in [-0.25, -0.2) is 0 Å². The van der Waals surface area contributed by atoms with Crippen LogP contribution in [0.3, 0.4) is 0 Å². The van der Waals surface area contributed by atoms with Gasteiger partial charge in [0.25, 0.3) is 0 Å². The van der Waals surface area contributed by atoms with Gasteiger partial charge in [-0.2, -0.15) is 0 Å². The van der Waals surface area contributed by atoms with Crippen LogP contribution in [0.5, 0.6) is 0 Å². The Kier molecular flexibility index (Phi) is 42.9. The summed E-state index contributed by atoms with van der Waals surface area (Å²) in [6.45, 7) is 4.03. The Bertz CT molecular complexity index is 832. The highest BCUT2D eigenvalue weighted by Crippen LogP contribution is 2.16. The number of nitrogens with one attached hydrogen (secondary N) is 1. The van der Waals surface area contributed by atoms with Crippen LogP contribution in [0.25, 0.3) is 0 Å². The van der Waals surface area contributed by atoms with E-state index in [1.807, 2.05) is 0 Å². The number of hydrogen-bond donors (Lipinski definition) is 5. The molecule has 0 aliphatic rings. The number of amides is 1. The predicted octanol–water partition coefficient (Wildman–Crippen LogP) is 13.1. The molecule has 0 spiro atoms. The molecule has 326 valence electrons. The molecule has 0 aliphatic heterocycles. The average Bonchev–Trinajstić information content (AvgIpc) is 3.19. The van der Waals surface area contributed by atoms with Crippen molar-refractivity contribution in [2.24, 2.45) is 0 Å². The van der Waals surface area contributed by atoms with Crippen LogP contribution < -0.4 is 5.32 Å². The van der Waals surface area contributed by atoms with E-state index < -0.39 is 36.9 Å². The highest BCUT2D eigenvalue weighted by molar-refractivity contribution is 5.80. The second-order valence-electron chi connectivity index (χ2n) is 16.8. The van der Waals surface area contributed by atoms with Gasteiger partial charge in [-0.1, -0.05) is 212 Å². The first kappa shape index (κ1) is 53.8. The maximum atomic E-state index is 12.5. The lowest BCUT2D eigenvalue weighted by Gasteiger charge is -2.27. The summed E-state index contributed by atoms with van der Waals surface area (Å²) in [6.07, 6.45) is 50.9. The summed E-state index contributed by atoms with van der Waals surface area (Å²) >= 11 is 0. The first-order valence-corrected chi connectivity index (χ1v) is 24.2. The second kappa shape index (κ2) is 43.9. The third-order valence-electron chi connectivity index (χ3n) is 11.4. The van der Waals surface area contributed by atoms with Gasteiger partial charge in [-0.15, -0.1) is 0 Å². The maximum absolute atomic E-state index is 12.5. The van der Waals surface area contributed by atoms with Gasteiger partial charge < -0.3 is 25.7 Å². The molecule has 1 amide bonds. The molecule has 0 heterocycles. The van der Waals surface area contributed by atoms with Crippen molar-refractivity contribution in [3.63, 3.8) is 0 Å². The van der Waals surface area contributed by atoms with Gasteiger partial charge in [-0.3, -0.25) is 4.79 Å². The monoisotopic (exact) mass is 778 g/mol. The number of rotatable bonds is 44. The number of unbranched alkanes of at least 4 members (excludes halogenated alkanes) is 31. The molecular formula is C49H95NO5. The standard InChI is InChI=1S/C49H95NO5/c1-3-5-7-9-11-13-15-17-19-20-21-22-23-24-25-26-27-28-29-31-32-34-36-38-40-42-46(52)48(54)45(44-51)50-49(55)47(53)43-41-39-37-35-33-30-18-16-14-12-10-8-6-4-2/h14,16,34,36,45-48,51-54H,3-13,15,17-33,35,37-44H2,1-2H3,(H,50,55)/b16-14-,36-34+. The Hall–Kier alpha value is -1.21. The molecule has 0 saturated carbocycles. The smallest absolute Gasteiger partial charge is 0.249 e. The normalized spacial score (nSPS) is 14.2. The number of aliphatic hydroxyl groups excluding tert-OH is 4. The molecule has 0 aromatic carbocycles. The molecule has 4 unspecified atom stereocenters.